The summed E-state index contributed by atoms with van der Waals surface area (Å²) in [4.78, 5) is 0. The van der Waals surface area contributed by atoms with Gasteiger partial charge in [0.25, 0.3) is 0 Å². The third-order valence-electron chi connectivity index (χ3n) is 4.68. The van der Waals surface area contributed by atoms with Gasteiger partial charge in [-0.25, -0.2) is 0 Å². The lowest BCUT2D eigenvalue weighted by Gasteiger charge is -2.12. The van der Waals surface area contributed by atoms with E-state index in [0.717, 1.165) is 12.8 Å². The minimum absolute atomic E-state index is 1.14. The summed E-state index contributed by atoms with van der Waals surface area (Å²) in [5.74, 6) is 0. The summed E-state index contributed by atoms with van der Waals surface area (Å²) in [5.41, 5.74) is 8.44. The van der Waals surface area contributed by atoms with Crippen molar-refractivity contribution in [1.29, 1.82) is 0 Å². The average molecular weight is 298 g/mol. The molecule has 0 nitrogen and oxygen atoms in total. The molecular weight excluding hydrogens is 275 g/mol. The maximum absolute atomic E-state index is 2.28. The molecule has 3 aromatic rings. The molecule has 0 amide bonds. The summed E-state index contributed by atoms with van der Waals surface area (Å²) < 4.78 is 0. The van der Waals surface area contributed by atoms with Crippen LogP contribution < -0.4 is 5.46 Å². The van der Waals surface area contributed by atoms with Crippen LogP contribution in [0.2, 0.25) is 0 Å². The van der Waals surface area contributed by atoms with Gasteiger partial charge in [-0.3, -0.25) is 0 Å². The van der Waals surface area contributed by atoms with Crippen molar-refractivity contribution in [3.63, 3.8) is 0 Å². The zero-order valence-electron chi connectivity index (χ0n) is 14.0. The Labute approximate surface area is 140 Å². The van der Waals surface area contributed by atoms with Crippen molar-refractivity contribution in [2.45, 2.75) is 26.2 Å². The Morgan fingerprint density at radius 2 is 1.35 bits per heavy atom. The molecule has 0 spiro atoms. The van der Waals surface area contributed by atoms with E-state index in [4.69, 9.17) is 0 Å². The van der Waals surface area contributed by atoms with E-state index < -0.39 is 0 Å². The summed E-state index contributed by atoms with van der Waals surface area (Å²) in [6.45, 7) is 2.20. The molecule has 114 valence electrons. The Bertz CT molecular complexity index is 775. The monoisotopic (exact) mass is 298 g/mol. The van der Waals surface area contributed by atoms with Gasteiger partial charge in [-0.2, -0.15) is 0 Å². The molecule has 0 N–H and O–H groups in total. The molecule has 0 aliphatic heterocycles. The number of rotatable bonds is 5. The second kappa shape index (κ2) is 7.33. The van der Waals surface area contributed by atoms with Gasteiger partial charge in [0.15, 0.2) is 0 Å². The molecule has 0 bridgehead atoms. The standard InChI is InChI=1S/C22H23B/c1-17-9-5-6-10-18(17)13-7-14-20-15-8-16-21(22(20)23)19-11-3-2-4-12-19/h2-6,8-12,15-16H,7,13-14,23H2,1H3. The smallest absolute Gasteiger partial charge is 0.0781 e. The second-order valence-corrected chi connectivity index (χ2v) is 6.24. The molecule has 0 aliphatic rings. The molecule has 23 heavy (non-hydrogen) atoms. The van der Waals surface area contributed by atoms with E-state index in [1.807, 2.05) is 0 Å². The fourth-order valence-corrected chi connectivity index (χ4v) is 3.24. The van der Waals surface area contributed by atoms with Gasteiger partial charge in [0.2, 0.25) is 0 Å². The minimum Gasteiger partial charge on any atom is -0.0781 e. The normalized spacial score (nSPS) is 10.7. The van der Waals surface area contributed by atoms with Crippen molar-refractivity contribution in [1.82, 2.24) is 0 Å². The Balaban J connectivity index is 1.73. The van der Waals surface area contributed by atoms with Crippen LogP contribution in [0.4, 0.5) is 0 Å². The molecule has 0 unspecified atom stereocenters. The Morgan fingerprint density at radius 1 is 0.696 bits per heavy atom. The van der Waals surface area contributed by atoms with E-state index in [9.17, 15) is 0 Å². The molecule has 0 fully saturated rings. The number of hydrogen-bond acceptors (Lipinski definition) is 0. The van der Waals surface area contributed by atoms with E-state index in [-0.39, 0.29) is 0 Å². The molecule has 3 aromatic carbocycles. The molecule has 0 saturated carbocycles. The van der Waals surface area contributed by atoms with Gasteiger partial charge in [0.05, 0.1) is 0 Å². The summed E-state index contributed by atoms with van der Waals surface area (Å²) in [6.07, 6.45) is 3.49. The highest BCUT2D eigenvalue weighted by molar-refractivity contribution is 6.37. The van der Waals surface area contributed by atoms with Gasteiger partial charge >= 0.3 is 0 Å². The van der Waals surface area contributed by atoms with Crippen molar-refractivity contribution in [3.05, 3.63) is 89.5 Å². The van der Waals surface area contributed by atoms with E-state index in [1.54, 1.807) is 0 Å². The first kappa shape index (κ1) is 15.6. The lowest BCUT2D eigenvalue weighted by molar-refractivity contribution is 0.819. The average Bonchev–Trinajstić information content (AvgIpc) is 2.59. The summed E-state index contributed by atoms with van der Waals surface area (Å²) >= 11 is 0. The molecule has 0 atom stereocenters. The second-order valence-electron chi connectivity index (χ2n) is 6.24. The predicted octanol–water partition coefficient (Wildman–Crippen LogP) is 4.10. The quantitative estimate of drug-likeness (QED) is 0.622. The van der Waals surface area contributed by atoms with E-state index in [0.29, 0.717) is 0 Å². The van der Waals surface area contributed by atoms with Crippen molar-refractivity contribution in [2.75, 3.05) is 0 Å². The fraction of sp³-hybridized carbons (Fsp3) is 0.182. The van der Waals surface area contributed by atoms with Gasteiger partial charge in [-0.1, -0.05) is 83.8 Å². The van der Waals surface area contributed by atoms with Crippen LogP contribution in [0.3, 0.4) is 0 Å². The largest absolute Gasteiger partial charge is 0.140 e. The van der Waals surface area contributed by atoms with Crippen LogP contribution in [0.25, 0.3) is 11.1 Å². The summed E-state index contributed by atoms with van der Waals surface area (Å²) in [5, 5.41) is 0. The van der Waals surface area contributed by atoms with Crippen LogP contribution in [0.5, 0.6) is 0 Å². The van der Waals surface area contributed by atoms with Crippen LogP contribution in [0.15, 0.2) is 72.8 Å². The third kappa shape index (κ3) is 3.74. The molecular formula is C22H23B. The molecule has 0 aromatic heterocycles. The zero-order valence-corrected chi connectivity index (χ0v) is 14.0. The van der Waals surface area contributed by atoms with Crippen LogP contribution in [0, 0.1) is 6.92 Å². The first-order valence-corrected chi connectivity index (χ1v) is 8.44. The number of benzene rings is 3. The van der Waals surface area contributed by atoms with Gasteiger partial charge in [0.1, 0.15) is 7.85 Å². The van der Waals surface area contributed by atoms with Crippen molar-refractivity contribution < 1.29 is 0 Å². The van der Waals surface area contributed by atoms with Gasteiger partial charge in [-0.15, -0.1) is 0 Å². The Morgan fingerprint density at radius 3 is 2.13 bits per heavy atom. The Hall–Kier alpha value is -2.28. The van der Waals surface area contributed by atoms with E-state index in [1.165, 1.54) is 39.7 Å². The highest BCUT2D eigenvalue weighted by Crippen LogP contribution is 2.18. The van der Waals surface area contributed by atoms with Crippen molar-refractivity contribution in [2.24, 2.45) is 0 Å². The number of aryl methyl sites for hydroxylation is 3. The van der Waals surface area contributed by atoms with Crippen LogP contribution >= 0.6 is 0 Å². The maximum atomic E-state index is 2.28. The molecule has 0 aliphatic carbocycles. The highest BCUT2D eigenvalue weighted by Gasteiger charge is 2.06. The molecule has 3 rings (SSSR count). The molecule has 0 radical (unpaired) electrons. The van der Waals surface area contributed by atoms with Gasteiger partial charge < -0.3 is 0 Å². The van der Waals surface area contributed by atoms with Crippen LogP contribution in [-0.4, -0.2) is 7.85 Å². The van der Waals surface area contributed by atoms with Crippen molar-refractivity contribution in [3.8, 4) is 11.1 Å². The van der Waals surface area contributed by atoms with E-state index >= 15 is 0 Å². The molecule has 1 heteroatoms. The fourth-order valence-electron chi connectivity index (χ4n) is 3.24. The summed E-state index contributed by atoms with van der Waals surface area (Å²) in [6, 6.07) is 26.1. The maximum Gasteiger partial charge on any atom is 0.140 e. The van der Waals surface area contributed by atoms with Crippen LogP contribution in [0.1, 0.15) is 23.1 Å². The molecule has 0 saturated heterocycles. The first-order valence-electron chi connectivity index (χ1n) is 8.44. The van der Waals surface area contributed by atoms with E-state index in [2.05, 4.69) is 87.6 Å². The van der Waals surface area contributed by atoms with Crippen LogP contribution in [-0.2, 0) is 12.8 Å². The molecule has 0 heterocycles. The Kier molecular flexibility index (Phi) is 4.97. The minimum atomic E-state index is 1.14. The number of hydrogen-bond donors (Lipinski definition) is 0. The summed E-state index contributed by atoms with van der Waals surface area (Å²) in [7, 11) is 2.26. The highest BCUT2D eigenvalue weighted by atomic mass is 14.1. The first-order chi connectivity index (χ1) is 11.3. The van der Waals surface area contributed by atoms with Gasteiger partial charge in [0, 0.05) is 0 Å². The lowest BCUT2D eigenvalue weighted by Crippen LogP contribution is -2.14. The van der Waals surface area contributed by atoms with Crippen molar-refractivity contribution >= 4 is 13.3 Å². The SMILES string of the molecule is Bc1c(CCCc2ccccc2C)cccc1-c1ccccc1. The van der Waals surface area contributed by atoms with Gasteiger partial charge in [-0.05, 0) is 48.4 Å². The lowest BCUT2D eigenvalue weighted by atomic mass is 9.81. The third-order valence-corrected chi connectivity index (χ3v) is 4.68. The zero-order chi connectivity index (χ0) is 16.1. The predicted molar refractivity (Wildman–Crippen MR) is 103 cm³/mol. The topological polar surface area (TPSA) is 0 Å².